The van der Waals surface area contributed by atoms with Crippen LogP contribution in [0, 0.1) is 0 Å². The first kappa shape index (κ1) is 17.4. The number of para-hydroxylation sites is 2. The predicted octanol–water partition coefficient (Wildman–Crippen LogP) is 4.42. The third-order valence-corrected chi connectivity index (χ3v) is 6.76. The van der Waals surface area contributed by atoms with Crippen LogP contribution in [0.3, 0.4) is 0 Å². The molecule has 1 heterocycles. The molecule has 2 aromatic rings. The SMILES string of the molecule is CCN1c2ccccc2N(S(=O)(=O)c2ccc(Cl)c(Cl)c2)CC1C. The number of hydrogen-bond donors (Lipinski definition) is 0. The Balaban J connectivity index is 2.12. The highest BCUT2D eigenvalue weighted by Crippen LogP contribution is 2.38. The Labute approximate surface area is 152 Å². The molecule has 4 nitrogen and oxygen atoms in total. The third kappa shape index (κ3) is 2.85. The average molecular weight is 385 g/mol. The number of nitrogens with zero attached hydrogens (tertiary/aromatic N) is 2. The van der Waals surface area contributed by atoms with Gasteiger partial charge in [-0.15, -0.1) is 0 Å². The molecule has 1 atom stereocenters. The predicted molar refractivity (Wildman–Crippen MR) is 99.9 cm³/mol. The molecule has 1 unspecified atom stereocenters. The molecule has 1 aliphatic heterocycles. The molecular formula is C17H18Cl2N2O2S. The van der Waals surface area contributed by atoms with E-state index in [1.807, 2.05) is 31.2 Å². The van der Waals surface area contributed by atoms with Crippen molar-refractivity contribution >= 4 is 44.6 Å². The van der Waals surface area contributed by atoms with Crippen molar-refractivity contribution in [2.24, 2.45) is 0 Å². The van der Waals surface area contributed by atoms with Crippen molar-refractivity contribution in [2.75, 3.05) is 22.3 Å². The van der Waals surface area contributed by atoms with Gasteiger partial charge in [0, 0.05) is 12.6 Å². The molecule has 0 aliphatic carbocycles. The Morgan fingerprint density at radius 1 is 1.08 bits per heavy atom. The number of halogens is 2. The summed E-state index contributed by atoms with van der Waals surface area (Å²) in [5, 5.41) is 0.562. The molecule has 128 valence electrons. The summed E-state index contributed by atoms with van der Waals surface area (Å²) in [6, 6.07) is 12.0. The first-order chi connectivity index (χ1) is 11.4. The lowest BCUT2D eigenvalue weighted by molar-refractivity contribution is 0.574. The van der Waals surface area contributed by atoms with Crippen LogP contribution in [0.5, 0.6) is 0 Å². The normalized spacial score (nSPS) is 17.8. The van der Waals surface area contributed by atoms with E-state index in [0.29, 0.717) is 17.3 Å². The molecule has 3 rings (SSSR count). The maximum Gasteiger partial charge on any atom is 0.264 e. The van der Waals surface area contributed by atoms with Crippen LogP contribution in [0.4, 0.5) is 11.4 Å². The number of benzene rings is 2. The highest BCUT2D eigenvalue weighted by molar-refractivity contribution is 7.92. The maximum atomic E-state index is 13.2. The zero-order chi connectivity index (χ0) is 17.5. The zero-order valence-electron chi connectivity index (χ0n) is 13.4. The van der Waals surface area contributed by atoms with Gasteiger partial charge in [0.25, 0.3) is 10.0 Å². The molecule has 0 saturated carbocycles. The molecule has 2 aromatic carbocycles. The molecule has 1 aliphatic rings. The first-order valence-electron chi connectivity index (χ1n) is 7.69. The van der Waals surface area contributed by atoms with E-state index in [1.54, 1.807) is 0 Å². The smallest absolute Gasteiger partial charge is 0.264 e. The summed E-state index contributed by atoms with van der Waals surface area (Å²) in [6.07, 6.45) is 0. The standard InChI is InChI=1S/C17H18Cl2N2O2S/c1-3-20-12(2)11-21(17-7-5-4-6-16(17)20)24(22,23)13-8-9-14(18)15(19)10-13/h4-10,12H,3,11H2,1-2H3. The molecule has 0 aromatic heterocycles. The van der Waals surface area contributed by atoms with E-state index < -0.39 is 10.0 Å². The van der Waals surface area contributed by atoms with Gasteiger partial charge in [0.1, 0.15) is 0 Å². The summed E-state index contributed by atoms with van der Waals surface area (Å²) in [7, 11) is -3.72. The number of fused-ring (bicyclic) bond motifs is 1. The summed E-state index contributed by atoms with van der Waals surface area (Å²) in [6.45, 7) is 5.29. The number of rotatable bonds is 3. The van der Waals surface area contributed by atoms with Crippen molar-refractivity contribution in [3.63, 3.8) is 0 Å². The highest BCUT2D eigenvalue weighted by Gasteiger charge is 2.34. The molecule has 7 heteroatoms. The second-order valence-corrected chi connectivity index (χ2v) is 8.41. The topological polar surface area (TPSA) is 40.6 Å². The molecular weight excluding hydrogens is 367 g/mol. The average Bonchev–Trinajstić information content (AvgIpc) is 2.56. The summed E-state index contributed by atoms with van der Waals surface area (Å²) >= 11 is 11.9. The van der Waals surface area contributed by atoms with E-state index in [2.05, 4.69) is 11.8 Å². The van der Waals surface area contributed by atoms with Gasteiger partial charge in [-0.25, -0.2) is 8.42 Å². The molecule has 0 N–H and O–H groups in total. The summed E-state index contributed by atoms with van der Waals surface area (Å²) < 4.78 is 27.8. The van der Waals surface area contributed by atoms with Crippen molar-refractivity contribution in [3.05, 3.63) is 52.5 Å². The van der Waals surface area contributed by atoms with Gasteiger partial charge < -0.3 is 4.90 Å². The number of hydrogen-bond acceptors (Lipinski definition) is 3. The second kappa shape index (κ2) is 6.47. The van der Waals surface area contributed by atoms with Gasteiger partial charge in [0.05, 0.1) is 32.9 Å². The lowest BCUT2D eigenvalue weighted by Crippen LogP contribution is -2.49. The van der Waals surface area contributed by atoms with E-state index in [1.165, 1.54) is 22.5 Å². The highest BCUT2D eigenvalue weighted by atomic mass is 35.5. The fourth-order valence-corrected chi connectivity index (χ4v) is 5.02. The molecule has 24 heavy (non-hydrogen) atoms. The van der Waals surface area contributed by atoms with Crippen LogP contribution < -0.4 is 9.21 Å². The summed E-state index contributed by atoms with van der Waals surface area (Å²) in [5.74, 6) is 0. The quantitative estimate of drug-likeness (QED) is 0.786. The molecule has 0 amide bonds. The van der Waals surface area contributed by atoms with Crippen molar-refractivity contribution in [1.29, 1.82) is 0 Å². The van der Waals surface area contributed by atoms with Gasteiger partial charge >= 0.3 is 0 Å². The second-order valence-electron chi connectivity index (χ2n) is 5.74. The molecule has 0 saturated heterocycles. The van der Waals surface area contributed by atoms with Crippen LogP contribution in [-0.4, -0.2) is 27.5 Å². The van der Waals surface area contributed by atoms with Crippen LogP contribution in [0.25, 0.3) is 0 Å². The Kier molecular flexibility index (Phi) is 4.69. The zero-order valence-corrected chi connectivity index (χ0v) is 15.7. The first-order valence-corrected chi connectivity index (χ1v) is 9.89. The lowest BCUT2D eigenvalue weighted by Gasteiger charge is -2.42. The van der Waals surface area contributed by atoms with Gasteiger partial charge in [-0.3, -0.25) is 4.31 Å². The van der Waals surface area contributed by atoms with E-state index in [9.17, 15) is 8.42 Å². The minimum Gasteiger partial charge on any atom is -0.366 e. The van der Waals surface area contributed by atoms with Crippen molar-refractivity contribution in [1.82, 2.24) is 0 Å². The van der Waals surface area contributed by atoms with Crippen LogP contribution >= 0.6 is 23.2 Å². The van der Waals surface area contributed by atoms with Gasteiger partial charge in [0.15, 0.2) is 0 Å². The van der Waals surface area contributed by atoms with Gasteiger partial charge in [-0.05, 0) is 44.2 Å². The Hall–Kier alpha value is -1.43. The van der Waals surface area contributed by atoms with Crippen molar-refractivity contribution in [3.8, 4) is 0 Å². The lowest BCUT2D eigenvalue weighted by atomic mass is 10.1. The van der Waals surface area contributed by atoms with Crippen LogP contribution in [0.2, 0.25) is 10.0 Å². The van der Waals surface area contributed by atoms with E-state index in [0.717, 1.165) is 12.2 Å². The number of likely N-dealkylation sites (N-methyl/N-ethyl adjacent to an activating group) is 1. The molecule has 0 fully saturated rings. The molecule has 0 spiro atoms. The van der Waals surface area contributed by atoms with Gasteiger partial charge in [0.2, 0.25) is 0 Å². The molecule has 0 bridgehead atoms. The van der Waals surface area contributed by atoms with Crippen molar-refractivity contribution < 1.29 is 8.42 Å². The largest absolute Gasteiger partial charge is 0.366 e. The van der Waals surface area contributed by atoms with Crippen LogP contribution in [0.1, 0.15) is 13.8 Å². The Bertz CT molecular complexity index is 871. The number of sulfonamides is 1. The fourth-order valence-electron chi connectivity index (χ4n) is 3.07. The summed E-state index contributed by atoms with van der Waals surface area (Å²) in [5.41, 5.74) is 1.60. The molecule has 0 radical (unpaired) electrons. The monoisotopic (exact) mass is 384 g/mol. The maximum absolute atomic E-state index is 13.2. The fraction of sp³-hybridized carbons (Fsp3) is 0.294. The van der Waals surface area contributed by atoms with E-state index >= 15 is 0 Å². The Morgan fingerprint density at radius 3 is 2.38 bits per heavy atom. The minimum atomic E-state index is -3.72. The summed E-state index contributed by atoms with van der Waals surface area (Å²) in [4.78, 5) is 2.35. The van der Waals surface area contributed by atoms with E-state index in [4.69, 9.17) is 23.2 Å². The van der Waals surface area contributed by atoms with E-state index in [-0.39, 0.29) is 16.0 Å². The van der Waals surface area contributed by atoms with Crippen LogP contribution in [0.15, 0.2) is 47.4 Å². The third-order valence-electron chi connectivity index (χ3n) is 4.24. The van der Waals surface area contributed by atoms with Gasteiger partial charge in [-0.2, -0.15) is 0 Å². The number of anilines is 2. The van der Waals surface area contributed by atoms with Crippen molar-refractivity contribution in [2.45, 2.75) is 24.8 Å². The minimum absolute atomic E-state index is 0.0717. The van der Waals surface area contributed by atoms with Gasteiger partial charge in [-0.1, -0.05) is 35.3 Å². The van der Waals surface area contributed by atoms with Crippen LogP contribution in [-0.2, 0) is 10.0 Å². The Morgan fingerprint density at radius 2 is 1.75 bits per heavy atom.